The van der Waals surface area contributed by atoms with Gasteiger partial charge in [-0.25, -0.2) is 4.39 Å². The first-order chi connectivity index (χ1) is 9.58. The van der Waals surface area contributed by atoms with E-state index < -0.39 is 0 Å². The largest absolute Gasteiger partial charge is 0.383 e. The quantitative estimate of drug-likeness (QED) is 0.415. The molecule has 0 aliphatic rings. The van der Waals surface area contributed by atoms with Crippen LogP contribution in [0.2, 0.25) is 5.02 Å². The Kier molecular flexibility index (Phi) is 10.7. The van der Waals surface area contributed by atoms with Crippen LogP contribution in [0.1, 0.15) is 12.5 Å². The van der Waals surface area contributed by atoms with Crippen molar-refractivity contribution in [3.05, 3.63) is 34.6 Å². The van der Waals surface area contributed by atoms with Crippen molar-refractivity contribution in [2.75, 3.05) is 27.3 Å². The zero-order valence-corrected chi connectivity index (χ0v) is 15.5. The Bertz CT molecular complexity index is 440. The number of halogens is 3. The molecule has 7 heteroatoms. The summed E-state index contributed by atoms with van der Waals surface area (Å²) in [5.74, 6) is 0.372. The molecular weight excluding hydrogens is 408 g/mol. The number of benzene rings is 1. The minimum absolute atomic E-state index is 0. The smallest absolute Gasteiger partial charge is 0.191 e. The van der Waals surface area contributed by atoms with Crippen molar-refractivity contribution in [3.8, 4) is 0 Å². The molecule has 0 bridgehead atoms. The average Bonchev–Trinajstić information content (AvgIpc) is 2.41. The highest BCUT2D eigenvalue weighted by Gasteiger charge is 2.08. The van der Waals surface area contributed by atoms with Crippen molar-refractivity contribution in [2.45, 2.75) is 19.4 Å². The normalized spacial score (nSPS) is 12.5. The number of hydrogen-bond donors (Lipinski definition) is 2. The molecule has 0 saturated heterocycles. The third kappa shape index (κ3) is 7.28. The maximum atomic E-state index is 13.6. The molecule has 0 amide bonds. The summed E-state index contributed by atoms with van der Waals surface area (Å²) in [5, 5.41) is 6.74. The fourth-order valence-corrected chi connectivity index (χ4v) is 2.05. The van der Waals surface area contributed by atoms with Gasteiger partial charge in [-0.15, -0.1) is 24.0 Å². The predicted octanol–water partition coefficient (Wildman–Crippen LogP) is 2.84. The molecular formula is C14H22ClFIN3O. The highest BCUT2D eigenvalue weighted by atomic mass is 127. The number of guanidine groups is 1. The molecule has 120 valence electrons. The van der Waals surface area contributed by atoms with Gasteiger partial charge in [0.1, 0.15) is 5.82 Å². The Labute approximate surface area is 147 Å². The molecule has 1 aromatic carbocycles. The van der Waals surface area contributed by atoms with Crippen molar-refractivity contribution in [1.29, 1.82) is 0 Å². The second kappa shape index (κ2) is 11.0. The van der Waals surface area contributed by atoms with Crippen molar-refractivity contribution in [3.63, 3.8) is 0 Å². The maximum absolute atomic E-state index is 13.6. The molecule has 0 radical (unpaired) electrons. The lowest BCUT2D eigenvalue weighted by atomic mass is 10.1. The molecule has 4 nitrogen and oxygen atoms in total. The number of aliphatic imine (C=N–C) groups is 1. The first-order valence-corrected chi connectivity index (χ1v) is 6.85. The van der Waals surface area contributed by atoms with Crippen LogP contribution in [0.15, 0.2) is 23.2 Å². The van der Waals surface area contributed by atoms with Gasteiger partial charge in [0.25, 0.3) is 0 Å². The van der Waals surface area contributed by atoms with Crippen molar-refractivity contribution < 1.29 is 9.13 Å². The van der Waals surface area contributed by atoms with Gasteiger partial charge in [0.15, 0.2) is 5.96 Å². The number of hydrogen-bond acceptors (Lipinski definition) is 2. The fraction of sp³-hybridized carbons (Fsp3) is 0.500. The van der Waals surface area contributed by atoms with E-state index in [2.05, 4.69) is 15.6 Å². The summed E-state index contributed by atoms with van der Waals surface area (Å²) in [5.41, 5.74) is 0.516. The van der Waals surface area contributed by atoms with Gasteiger partial charge in [0.05, 0.1) is 6.61 Å². The van der Waals surface area contributed by atoms with Crippen molar-refractivity contribution >= 4 is 41.5 Å². The standard InChI is InChI=1S/C14H21ClFN3O.HI/c1-10(9-20-3)19-14(17-2)18-8-7-11-12(15)5-4-6-13(11)16;/h4-6,10H,7-9H2,1-3H3,(H2,17,18,19);1H. The van der Waals surface area contributed by atoms with E-state index in [0.717, 1.165) is 0 Å². The van der Waals surface area contributed by atoms with Gasteiger partial charge >= 0.3 is 0 Å². The Balaban J connectivity index is 0.00000400. The van der Waals surface area contributed by atoms with E-state index in [0.29, 0.717) is 36.1 Å². The molecule has 0 spiro atoms. The molecule has 1 aromatic rings. The molecule has 1 atom stereocenters. The van der Waals surface area contributed by atoms with Gasteiger partial charge < -0.3 is 15.4 Å². The molecule has 0 fully saturated rings. The molecule has 0 heterocycles. The van der Waals surface area contributed by atoms with Gasteiger partial charge in [-0.05, 0) is 25.5 Å². The van der Waals surface area contributed by atoms with Crippen LogP contribution in [0.3, 0.4) is 0 Å². The van der Waals surface area contributed by atoms with E-state index in [1.165, 1.54) is 6.07 Å². The highest BCUT2D eigenvalue weighted by molar-refractivity contribution is 14.0. The minimum Gasteiger partial charge on any atom is -0.383 e. The van der Waals surface area contributed by atoms with Gasteiger partial charge in [-0.1, -0.05) is 17.7 Å². The zero-order chi connectivity index (χ0) is 15.0. The summed E-state index contributed by atoms with van der Waals surface area (Å²) in [6, 6.07) is 4.84. The Hall–Kier alpha value is -0.600. The average molecular weight is 430 g/mol. The summed E-state index contributed by atoms with van der Waals surface area (Å²) in [6.07, 6.45) is 0.491. The second-order valence-electron chi connectivity index (χ2n) is 4.45. The Morgan fingerprint density at radius 2 is 2.19 bits per heavy atom. The summed E-state index contributed by atoms with van der Waals surface area (Å²) in [4.78, 5) is 4.10. The number of ether oxygens (including phenoxy) is 1. The SMILES string of the molecule is CN=C(NCCc1c(F)cccc1Cl)NC(C)COC.I. The van der Waals surface area contributed by atoms with E-state index in [1.54, 1.807) is 26.3 Å². The zero-order valence-electron chi connectivity index (χ0n) is 12.5. The Morgan fingerprint density at radius 3 is 2.76 bits per heavy atom. The summed E-state index contributed by atoms with van der Waals surface area (Å²) < 4.78 is 18.6. The molecule has 0 aromatic heterocycles. The van der Waals surface area contributed by atoms with Crippen molar-refractivity contribution in [1.82, 2.24) is 10.6 Å². The predicted molar refractivity (Wildman–Crippen MR) is 96.4 cm³/mol. The summed E-state index contributed by atoms with van der Waals surface area (Å²) in [6.45, 7) is 3.12. The lowest BCUT2D eigenvalue weighted by molar-refractivity contribution is 0.179. The maximum Gasteiger partial charge on any atom is 0.191 e. The second-order valence-corrected chi connectivity index (χ2v) is 4.86. The van der Waals surface area contributed by atoms with Crippen molar-refractivity contribution in [2.24, 2.45) is 4.99 Å². The van der Waals surface area contributed by atoms with Crippen LogP contribution in [0.5, 0.6) is 0 Å². The third-order valence-electron chi connectivity index (χ3n) is 2.75. The van der Waals surface area contributed by atoms with E-state index in [1.807, 2.05) is 6.92 Å². The van der Waals surface area contributed by atoms with Crippen LogP contribution in [-0.2, 0) is 11.2 Å². The van der Waals surface area contributed by atoms with E-state index in [4.69, 9.17) is 16.3 Å². The fourth-order valence-electron chi connectivity index (χ4n) is 1.80. The molecule has 0 saturated carbocycles. The molecule has 0 aliphatic heterocycles. The Morgan fingerprint density at radius 1 is 1.48 bits per heavy atom. The molecule has 1 unspecified atom stereocenters. The number of nitrogens with one attached hydrogen (secondary N) is 2. The van der Waals surface area contributed by atoms with Crippen LogP contribution in [0.4, 0.5) is 4.39 Å². The van der Waals surface area contributed by atoms with E-state index in [9.17, 15) is 4.39 Å². The molecule has 2 N–H and O–H groups in total. The molecule has 21 heavy (non-hydrogen) atoms. The molecule has 0 aliphatic carbocycles. The number of methoxy groups -OCH3 is 1. The van der Waals surface area contributed by atoms with Crippen LogP contribution in [0, 0.1) is 5.82 Å². The van der Waals surface area contributed by atoms with Gasteiger partial charge in [0.2, 0.25) is 0 Å². The first-order valence-electron chi connectivity index (χ1n) is 6.47. The molecule has 1 rings (SSSR count). The van der Waals surface area contributed by atoms with E-state index in [-0.39, 0.29) is 35.8 Å². The lowest BCUT2D eigenvalue weighted by Gasteiger charge is -2.17. The van der Waals surface area contributed by atoms with Gasteiger partial charge in [-0.2, -0.15) is 0 Å². The minimum atomic E-state index is -0.282. The summed E-state index contributed by atoms with van der Waals surface area (Å²) >= 11 is 5.97. The highest BCUT2D eigenvalue weighted by Crippen LogP contribution is 2.18. The van der Waals surface area contributed by atoms with Crippen LogP contribution in [-0.4, -0.2) is 39.3 Å². The third-order valence-corrected chi connectivity index (χ3v) is 3.11. The van der Waals surface area contributed by atoms with Crippen LogP contribution in [0.25, 0.3) is 0 Å². The number of rotatable bonds is 6. The van der Waals surface area contributed by atoms with E-state index >= 15 is 0 Å². The topological polar surface area (TPSA) is 45.7 Å². The van der Waals surface area contributed by atoms with Crippen LogP contribution < -0.4 is 10.6 Å². The van der Waals surface area contributed by atoms with Gasteiger partial charge in [-0.3, -0.25) is 4.99 Å². The monoisotopic (exact) mass is 429 g/mol. The van der Waals surface area contributed by atoms with Crippen LogP contribution >= 0.6 is 35.6 Å². The number of nitrogens with zero attached hydrogens (tertiary/aromatic N) is 1. The lowest BCUT2D eigenvalue weighted by Crippen LogP contribution is -2.44. The van der Waals surface area contributed by atoms with Gasteiger partial charge in [0, 0.05) is 37.3 Å². The first kappa shape index (κ1) is 20.4. The summed E-state index contributed by atoms with van der Waals surface area (Å²) in [7, 11) is 3.33.